The molecule has 1 heterocycles. The summed E-state index contributed by atoms with van der Waals surface area (Å²) in [5.41, 5.74) is 1.22. The Morgan fingerprint density at radius 3 is 2.45 bits per heavy atom. The topological polar surface area (TPSA) is 47.9 Å². The summed E-state index contributed by atoms with van der Waals surface area (Å²) in [5, 5.41) is 9.89. The zero-order valence-corrected chi connectivity index (χ0v) is 13.0. The summed E-state index contributed by atoms with van der Waals surface area (Å²) in [6.07, 6.45) is 5.29. The molecule has 3 rings (SSSR count). The smallest absolute Gasteiger partial charge is 0.183 e. The summed E-state index contributed by atoms with van der Waals surface area (Å²) < 4.78 is 17.4. The van der Waals surface area contributed by atoms with Gasteiger partial charge in [-0.05, 0) is 44.1 Å². The highest BCUT2D eigenvalue weighted by atomic mass is 16.7. The van der Waals surface area contributed by atoms with E-state index in [4.69, 9.17) is 14.2 Å². The normalized spacial score (nSPS) is 32.8. The molecule has 2 fully saturated rings. The summed E-state index contributed by atoms with van der Waals surface area (Å²) in [5.74, 6) is 0. The van der Waals surface area contributed by atoms with Crippen molar-refractivity contribution >= 4 is 0 Å². The molecule has 122 valence electrons. The Hall–Kier alpha value is -0.940. The molecule has 2 aliphatic rings. The Balaban J connectivity index is 1.37. The summed E-state index contributed by atoms with van der Waals surface area (Å²) in [6, 6.07) is 10.3. The summed E-state index contributed by atoms with van der Waals surface area (Å²) >= 11 is 0. The fraction of sp³-hybridized carbons (Fsp3) is 0.667. The predicted octanol–water partition coefficient (Wildman–Crippen LogP) is 3.03. The summed E-state index contributed by atoms with van der Waals surface area (Å²) in [4.78, 5) is 0. The molecule has 0 radical (unpaired) electrons. The van der Waals surface area contributed by atoms with Gasteiger partial charge in [-0.25, -0.2) is 0 Å². The molecule has 4 heteroatoms. The van der Waals surface area contributed by atoms with Crippen molar-refractivity contribution < 1.29 is 19.3 Å². The third kappa shape index (κ3) is 4.53. The van der Waals surface area contributed by atoms with E-state index < -0.39 is 12.4 Å². The van der Waals surface area contributed by atoms with Gasteiger partial charge in [-0.1, -0.05) is 30.3 Å². The first-order valence-corrected chi connectivity index (χ1v) is 8.42. The molecule has 22 heavy (non-hydrogen) atoms. The van der Waals surface area contributed by atoms with Crippen molar-refractivity contribution in [2.24, 2.45) is 0 Å². The molecule has 0 bridgehead atoms. The van der Waals surface area contributed by atoms with Gasteiger partial charge in [0.2, 0.25) is 0 Å². The number of hydrogen-bond acceptors (Lipinski definition) is 4. The number of rotatable bonds is 5. The van der Waals surface area contributed by atoms with Crippen molar-refractivity contribution in [1.82, 2.24) is 0 Å². The minimum atomic E-state index is -0.471. The first-order valence-electron chi connectivity index (χ1n) is 8.42. The average molecular weight is 306 g/mol. The number of aliphatic hydroxyl groups is 1. The Morgan fingerprint density at radius 1 is 1.00 bits per heavy atom. The Kier molecular flexibility index (Phi) is 5.84. The second-order valence-corrected chi connectivity index (χ2v) is 6.28. The minimum absolute atomic E-state index is 0.189. The fourth-order valence-corrected chi connectivity index (χ4v) is 3.18. The second kappa shape index (κ2) is 8.06. The van der Waals surface area contributed by atoms with E-state index in [-0.39, 0.29) is 6.10 Å². The van der Waals surface area contributed by atoms with Gasteiger partial charge in [-0.3, -0.25) is 0 Å². The quantitative estimate of drug-likeness (QED) is 0.908. The van der Waals surface area contributed by atoms with Crippen LogP contribution in [0.4, 0.5) is 0 Å². The van der Waals surface area contributed by atoms with Gasteiger partial charge < -0.3 is 19.3 Å². The molecule has 1 aliphatic heterocycles. The molecule has 1 aliphatic carbocycles. The van der Waals surface area contributed by atoms with E-state index in [1.165, 1.54) is 5.56 Å². The Morgan fingerprint density at radius 2 is 1.73 bits per heavy atom. The molecular formula is C18H26O4. The second-order valence-electron chi connectivity index (χ2n) is 6.28. The molecule has 1 saturated heterocycles. The lowest BCUT2D eigenvalue weighted by Crippen LogP contribution is -2.40. The van der Waals surface area contributed by atoms with Crippen molar-refractivity contribution in [3.63, 3.8) is 0 Å². The maximum Gasteiger partial charge on any atom is 0.183 e. The lowest BCUT2D eigenvalue weighted by atomic mass is 9.94. The van der Waals surface area contributed by atoms with Crippen molar-refractivity contribution in [2.45, 2.75) is 69.7 Å². The van der Waals surface area contributed by atoms with E-state index in [9.17, 15) is 5.11 Å². The van der Waals surface area contributed by atoms with Gasteiger partial charge in [0.1, 0.15) is 6.10 Å². The summed E-state index contributed by atoms with van der Waals surface area (Å²) in [7, 11) is 0. The zero-order valence-electron chi connectivity index (χ0n) is 13.0. The molecule has 1 N–H and O–H groups in total. The number of aliphatic hydroxyl groups excluding tert-OH is 1. The van der Waals surface area contributed by atoms with E-state index in [0.29, 0.717) is 19.3 Å². The van der Waals surface area contributed by atoms with Crippen LogP contribution in [0.25, 0.3) is 0 Å². The zero-order chi connectivity index (χ0) is 15.2. The molecule has 0 amide bonds. The third-order valence-electron chi connectivity index (χ3n) is 4.52. The van der Waals surface area contributed by atoms with Crippen molar-refractivity contribution in [3.8, 4) is 0 Å². The highest BCUT2D eigenvalue weighted by Gasteiger charge is 2.30. The highest BCUT2D eigenvalue weighted by Crippen LogP contribution is 2.27. The Labute approximate surface area is 132 Å². The van der Waals surface area contributed by atoms with Crippen molar-refractivity contribution in [3.05, 3.63) is 35.9 Å². The Bertz CT molecular complexity index is 428. The molecule has 4 nitrogen and oxygen atoms in total. The first-order chi connectivity index (χ1) is 10.8. The highest BCUT2D eigenvalue weighted by molar-refractivity contribution is 5.13. The SMILES string of the molecule is OC1CCCOC1OC1CCC(OCc2ccccc2)CC1. The summed E-state index contributed by atoms with van der Waals surface area (Å²) in [6.45, 7) is 1.37. The molecule has 1 saturated carbocycles. The fourth-order valence-electron chi connectivity index (χ4n) is 3.18. The van der Waals surface area contributed by atoms with Crippen LogP contribution in [0, 0.1) is 0 Å². The monoisotopic (exact) mass is 306 g/mol. The van der Waals surface area contributed by atoms with Crippen LogP contribution in [0.3, 0.4) is 0 Å². The van der Waals surface area contributed by atoms with Crippen LogP contribution < -0.4 is 0 Å². The average Bonchev–Trinajstić information content (AvgIpc) is 2.57. The van der Waals surface area contributed by atoms with Crippen LogP contribution in [0.15, 0.2) is 30.3 Å². The van der Waals surface area contributed by atoms with Crippen LogP contribution >= 0.6 is 0 Å². The van der Waals surface area contributed by atoms with E-state index >= 15 is 0 Å². The molecule has 1 aromatic carbocycles. The van der Waals surface area contributed by atoms with Gasteiger partial charge in [0.05, 0.1) is 18.8 Å². The number of hydrogen-bond donors (Lipinski definition) is 1. The van der Waals surface area contributed by atoms with E-state index in [0.717, 1.165) is 38.5 Å². The lowest BCUT2D eigenvalue weighted by molar-refractivity contribution is -0.240. The third-order valence-corrected chi connectivity index (χ3v) is 4.52. The first kappa shape index (κ1) is 15.9. The maximum atomic E-state index is 9.89. The molecular weight excluding hydrogens is 280 g/mol. The molecule has 2 atom stereocenters. The van der Waals surface area contributed by atoms with Crippen LogP contribution in [0.1, 0.15) is 44.1 Å². The van der Waals surface area contributed by atoms with E-state index in [1.54, 1.807) is 0 Å². The predicted molar refractivity (Wildman–Crippen MR) is 83.3 cm³/mol. The molecule has 2 unspecified atom stereocenters. The van der Waals surface area contributed by atoms with Gasteiger partial charge in [0.15, 0.2) is 6.29 Å². The van der Waals surface area contributed by atoms with Crippen LogP contribution in [-0.2, 0) is 20.8 Å². The molecule has 0 spiro atoms. The van der Waals surface area contributed by atoms with Crippen LogP contribution in [0.2, 0.25) is 0 Å². The van der Waals surface area contributed by atoms with E-state index in [1.807, 2.05) is 18.2 Å². The number of ether oxygens (including phenoxy) is 3. The van der Waals surface area contributed by atoms with Gasteiger partial charge in [0, 0.05) is 6.61 Å². The maximum absolute atomic E-state index is 9.89. The lowest BCUT2D eigenvalue weighted by Gasteiger charge is -2.34. The van der Waals surface area contributed by atoms with Crippen molar-refractivity contribution in [2.75, 3.05) is 6.61 Å². The van der Waals surface area contributed by atoms with E-state index in [2.05, 4.69) is 12.1 Å². The molecule has 0 aromatic heterocycles. The van der Waals surface area contributed by atoms with Gasteiger partial charge in [-0.15, -0.1) is 0 Å². The molecule has 1 aromatic rings. The van der Waals surface area contributed by atoms with Crippen molar-refractivity contribution in [1.29, 1.82) is 0 Å². The number of benzene rings is 1. The van der Waals surface area contributed by atoms with Crippen LogP contribution in [0.5, 0.6) is 0 Å². The van der Waals surface area contributed by atoms with Gasteiger partial charge >= 0.3 is 0 Å². The van der Waals surface area contributed by atoms with Gasteiger partial charge in [0.25, 0.3) is 0 Å². The largest absolute Gasteiger partial charge is 0.388 e. The minimum Gasteiger partial charge on any atom is -0.388 e. The standard InChI is InChI=1S/C18H26O4/c19-17-7-4-12-20-18(17)22-16-10-8-15(9-11-16)21-13-14-5-2-1-3-6-14/h1-3,5-6,15-19H,4,7-13H2. The van der Waals surface area contributed by atoms with Gasteiger partial charge in [-0.2, -0.15) is 0 Å². The van der Waals surface area contributed by atoms with Crippen LogP contribution in [-0.4, -0.2) is 36.3 Å².